The molecule has 3 aliphatic heterocycles. The number of carbonyl (C=O) groups is 3. The molecule has 0 radical (unpaired) electrons. The highest BCUT2D eigenvalue weighted by Crippen LogP contribution is 2.43. The Bertz CT molecular complexity index is 1170. The van der Waals surface area contributed by atoms with Crippen molar-refractivity contribution in [3.8, 4) is 0 Å². The second-order valence-electron chi connectivity index (χ2n) is 13.0. The molecule has 1 aromatic rings. The van der Waals surface area contributed by atoms with Crippen molar-refractivity contribution in [3.63, 3.8) is 0 Å². The fraction of sp³-hybridized carbons (Fsp3) is 0.727. The van der Waals surface area contributed by atoms with Crippen molar-refractivity contribution in [2.24, 2.45) is 5.92 Å². The van der Waals surface area contributed by atoms with Gasteiger partial charge in [0.15, 0.2) is 0 Å². The Kier molecular flexibility index (Phi) is 11.8. The van der Waals surface area contributed by atoms with Gasteiger partial charge in [0, 0.05) is 57.2 Å². The van der Waals surface area contributed by atoms with Crippen molar-refractivity contribution in [1.29, 1.82) is 0 Å². The number of carboxylic acid groups (broad SMARTS) is 1. The normalized spacial score (nSPS) is 23.1. The first-order chi connectivity index (χ1) is 21.4. The van der Waals surface area contributed by atoms with Crippen molar-refractivity contribution in [2.45, 2.75) is 115 Å². The number of hydrogen-bond donors (Lipinski definition) is 1. The van der Waals surface area contributed by atoms with E-state index in [1.165, 1.54) is 38.2 Å². The van der Waals surface area contributed by atoms with E-state index in [4.69, 9.17) is 14.6 Å². The van der Waals surface area contributed by atoms with E-state index in [1.807, 2.05) is 4.90 Å². The Balaban J connectivity index is 0.000000591. The number of benzene rings is 1. The number of amides is 2. The van der Waals surface area contributed by atoms with Gasteiger partial charge < -0.3 is 19.6 Å². The van der Waals surface area contributed by atoms with Crippen LogP contribution in [0.5, 0.6) is 0 Å². The number of unbranched alkanes of at least 4 members (excludes halogenated alkanes) is 1. The third-order valence-electron chi connectivity index (χ3n) is 10.2. The Hall–Kier alpha value is -2.89. The number of ether oxygens (including phenoxy) is 1. The van der Waals surface area contributed by atoms with Crippen LogP contribution in [0.4, 0.5) is 22.4 Å². The quantitative estimate of drug-likeness (QED) is 0.330. The summed E-state index contributed by atoms with van der Waals surface area (Å²) in [5.74, 6) is -2.52. The van der Waals surface area contributed by atoms with Crippen molar-refractivity contribution < 1.29 is 41.8 Å². The SMILES string of the molecule is CCCCC1N(CC2CCCCC2)C(=O)OC12CCN(C1CCN(C(=O)c3cccc(F)c3C)CC1)CC2.O=C(O)C(F)(F)F. The summed E-state index contributed by atoms with van der Waals surface area (Å²) < 4.78 is 52.0. The minimum Gasteiger partial charge on any atom is -0.475 e. The molecule has 0 aromatic heterocycles. The van der Waals surface area contributed by atoms with Gasteiger partial charge in [-0.3, -0.25) is 9.69 Å². The summed E-state index contributed by atoms with van der Waals surface area (Å²) in [4.78, 5) is 41.7. The molecule has 2 amide bonds. The van der Waals surface area contributed by atoms with Crippen molar-refractivity contribution >= 4 is 18.0 Å². The maximum atomic E-state index is 14.0. The molecule has 3 heterocycles. The number of aliphatic carboxylic acids is 1. The number of piperidine rings is 2. The van der Waals surface area contributed by atoms with Gasteiger partial charge in [-0.25, -0.2) is 14.0 Å². The molecule has 8 nitrogen and oxygen atoms in total. The molecular formula is C33H47F4N3O5. The number of hydrogen-bond acceptors (Lipinski definition) is 5. The Morgan fingerprint density at radius 1 is 1.02 bits per heavy atom. The van der Waals surface area contributed by atoms with Gasteiger partial charge >= 0.3 is 18.2 Å². The highest BCUT2D eigenvalue weighted by Gasteiger charge is 2.55. The predicted octanol–water partition coefficient (Wildman–Crippen LogP) is 6.80. The van der Waals surface area contributed by atoms with E-state index < -0.39 is 12.1 Å². The highest BCUT2D eigenvalue weighted by atomic mass is 19.4. The van der Waals surface area contributed by atoms with E-state index in [-0.39, 0.29) is 29.5 Å². The van der Waals surface area contributed by atoms with Crippen molar-refractivity contribution in [3.05, 3.63) is 35.1 Å². The lowest BCUT2D eigenvalue weighted by Crippen LogP contribution is -2.56. The van der Waals surface area contributed by atoms with Gasteiger partial charge in [0.1, 0.15) is 11.4 Å². The average Bonchev–Trinajstić information content (AvgIpc) is 3.26. The monoisotopic (exact) mass is 641 g/mol. The molecule has 252 valence electrons. The van der Waals surface area contributed by atoms with Crippen LogP contribution in [-0.4, -0.2) is 94.4 Å². The molecule has 1 aliphatic carbocycles. The first-order valence-electron chi connectivity index (χ1n) is 16.4. The maximum Gasteiger partial charge on any atom is 0.490 e. The smallest absolute Gasteiger partial charge is 0.475 e. The zero-order valence-corrected chi connectivity index (χ0v) is 26.4. The zero-order chi connectivity index (χ0) is 32.8. The summed E-state index contributed by atoms with van der Waals surface area (Å²) in [5.41, 5.74) is 0.563. The van der Waals surface area contributed by atoms with Crippen LogP contribution in [0.15, 0.2) is 18.2 Å². The van der Waals surface area contributed by atoms with Gasteiger partial charge in [-0.05, 0) is 62.6 Å². The third kappa shape index (κ3) is 8.48. The summed E-state index contributed by atoms with van der Waals surface area (Å²) in [6.07, 6.45) is 8.19. The van der Waals surface area contributed by atoms with Crippen LogP contribution in [0.3, 0.4) is 0 Å². The van der Waals surface area contributed by atoms with E-state index in [1.54, 1.807) is 19.1 Å². The number of likely N-dealkylation sites (tertiary alicyclic amines) is 2. The number of halogens is 4. The summed E-state index contributed by atoms with van der Waals surface area (Å²) >= 11 is 0. The van der Waals surface area contributed by atoms with Gasteiger partial charge in [-0.2, -0.15) is 13.2 Å². The van der Waals surface area contributed by atoms with Crippen LogP contribution in [0, 0.1) is 18.7 Å². The molecular weight excluding hydrogens is 594 g/mol. The first kappa shape index (κ1) is 35.0. The highest BCUT2D eigenvalue weighted by molar-refractivity contribution is 5.95. The van der Waals surface area contributed by atoms with Gasteiger partial charge in [-0.15, -0.1) is 0 Å². The average molecular weight is 642 g/mol. The molecule has 1 spiro atoms. The molecule has 1 saturated carbocycles. The molecule has 0 bridgehead atoms. The van der Waals surface area contributed by atoms with Crippen LogP contribution < -0.4 is 0 Å². The second-order valence-corrected chi connectivity index (χ2v) is 13.0. The minimum atomic E-state index is -5.08. The maximum absolute atomic E-state index is 14.0. The Morgan fingerprint density at radius 2 is 1.64 bits per heavy atom. The summed E-state index contributed by atoms with van der Waals surface area (Å²) in [5, 5.41) is 7.12. The summed E-state index contributed by atoms with van der Waals surface area (Å²) in [6.45, 7) is 8.05. The third-order valence-corrected chi connectivity index (χ3v) is 10.2. The zero-order valence-electron chi connectivity index (χ0n) is 26.4. The fourth-order valence-corrected chi connectivity index (χ4v) is 7.52. The van der Waals surface area contributed by atoms with E-state index >= 15 is 0 Å². The van der Waals surface area contributed by atoms with Gasteiger partial charge in [-0.1, -0.05) is 45.1 Å². The van der Waals surface area contributed by atoms with Gasteiger partial charge in [0.2, 0.25) is 0 Å². The number of alkyl halides is 3. The molecule has 1 atom stereocenters. The Labute approximate surface area is 263 Å². The summed E-state index contributed by atoms with van der Waals surface area (Å²) in [6, 6.07) is 5.39. The van der Waals surface area contributed by atoms with E-state index in [9.17, 15) is 27.2 Å². The molecule has 45 heavy (non-hydrogen) atoms. The van der Waals surface area contributed by atoms with Crippen LogP contribution in [0.1, 0.15) is 99.9 Å². The molecule has 12 heteroatoms. The fourth-order valence-electron chi connectivity index (χ4n) is 7.52. The van der Waals surface area contributed by atoms with E-state index in [0.717, 1.165) is 64.6 Å². The molecule has 3 saturated heterocycles. The van der Waals surface area contributed by atoms with Crippen molar-refractivity contribution in [1.82, 2.24) is 14.7 Å². The lowest BCUT2D eigenvalue weighted by molar-refractivity contribution is -0.192. The van der Waals surface area contributed by atoms with Crippen molar-refractivity contribution in [2.75, 3.05) is 32.7 Å². The second kappa shape index (κ2) is 15.1. The van der Waals surface area contributed by atoms with Crippen LogP contribution in [0.25, 0.3) is 0 Å². The number of nitrogens with zero attached hydrogens (tertiary/aromatic N) is 3. The standard InChI is InChI=1S/C31H46FN3O3.C2HF3O2/c1-3-4-13-28-31(38-30(37)35(28)22-24-9-6-5-7-10-24)16-20-33(21-17-31)25-14-18-34(19-15-25)29(36)26-11-8-12-27(32)23(26)2;3-2(4,5)1(6)7/h8,11-12,24-25,28H,3-7,9-10,13-22H2,1-2H3;(H,6,7). The molecule has 1 N–H and O–H groups in total. The lowest BCUT2D eigenvalue weighted by atomic mass is 9.80. The largest absolute Gasteiger partial charge is 0.490 e. The molecule has 5 rings (SSSR count). The minimum absolute atomic E-state index is 0.0623. The van der Waals surface area contributed by atoms with Crippen LogP contribution >= 0.6 is 0 Å². The summed E-state index contributed by atoms with van der Waals surface area (Å²) in [7, 11) is 0. The first-order valence-corrected chi connectivity index (χ1v) is 16.4. The van der Waals surface area contributed by atoms with E-state index in [0.29, 0.717) is 36.2 Å². The van der Waals surface area contributed by atoms with Gasteiger partial charge in [0.05, 0.1) is 6.04 Å². The lowest BCUT2D eigenvalue weighted by Gasteiger charge is -2.46. The molecule has 4 aliphatic rings. The number of rotatable bonds is 7. The topological polar surface area (TPSA) is 90.4 Å². The van der Waals surface area contributed by atoms with Crippen LogP contribution in [0.2, 0.25) is 0 Å². The molecule has 1 aromatic carbocycles. The van der Waals surface area contributed by atoms with E-state index in [2.05, 4.69) is 16.7 Å². The van der Waals surface area contributed by atoms with Crippen LogP contribution in [-0.2, 0) is 9.53 Å². The predicted molar refractivity (Wildman–Crippen MR) is 160 cm³/mol. The van der Waals surface area contributed by atoms with Gasteiger partial charge in [0.25, 0.3) is 5.91 Å². The number of carboxylic acids is 1. The molecule has 1 unspecified atom stereocenters. The number of carbonyl (C=O) groups excluding carboxylic acids is 2. The Morgan fingerprint density at radius 3 is 2.22 bits per heavy atom. The molecule has 4 fully saturated rings.